The lowest BCUT2D eigenvalue weighted by molar-refractivity contribution is 0.628. The van der Waals surface area contributed by atoms with Crippen molar-refractivity contribution in [3.8, 4) is 5.69 Å². The van der Waals surface area contributed by atoms with E-state index in [9.17, 15) is 4.39 Å². The quantitative estimate of drug-likeness (QED) is 0.773. The molecule has 3 rings (SSSR count). The van der Waals surface area contributed by atoms with Gasteiger partial charge < -0.3 is 5.32 Å². The second kappa shape index (κ2) is 5.35. The van der Waals surface area contributed by atoms with E-state index in [0.717, 1.165) is 5.69 Å². The molecule has 0 saturated heterocycles. The summed E-state index contributed by atoms with van der Waals surface area (Å²) < 4.78 is 15.2. The zero-order valence-corrected chi connectivity index (χ0v) is 11.2. The summed E-state index contributed by atoms with van der Waals surface area (Å²) in [6.07, 6.45) is 3.51. The Labute approximate surface area is 120 Å². The summed E-state index contributed by atoms with van der Waals surface area (Å²) in [5, 5.41) is 3.40. The van der Waals surface area contributed by atoms with Gasteiger partial charge in [0.25, 0.3) is 0 Å². The Morgan fingerprint density at radius 2 is 1.90 bits per heavy atom. The Hall–Kier alpha value is -2.33. The van der Waals surface area contributed by atoms with Crippen LogP contribution in [0.5, 0.6) is 0 Å². The van der Waals surface area contributed by atoms with Gasteiger partial charge in [-0.1, -0.05) is 29.8 Å². The van der Waals surface area contributed by atoms with Gasteiger partial charge in [-0.3, -0.25) is 4.57 Å². The minimum atomic E-state index is -0.391. The number of hydrogen-bond acceptors (Lipinski definition) is 2. The molecule has 0 radical (unpaired) electrons. The monoisotopic (exact) mass is 287 g/mol. The zero-order valence-electron chi connectivity index (χ0n) is 10.4. The fraction of sp³-hybridized carbons (Fsp3) is 0. The van der Waals surface area contributed by atoms with Crippen LogP contribution >= 0.6 is 11.6 Å². The standard InChI is InChI=1S/C15H11ClFN3/c16-11-8-12(17)10-13(9-11)19-15-18-6-7-20(15)14-4-2-1-3-5-14/h1-10H,(H,18,19). The number of imidazole rings is 1. The normalized spacial score (nSPS) is 10.5. The van der Waals surface area contributed by atoms with E-state index in [1.54, 1.807) is 12.3 Å². The molecule has 1 aromatic heterocycles. The molecule has 3 aromatic rings. The highest BCUT2D eigenvalue weighted by Gasteiger charge is 2.06. The highest BCUT2D eigenvalue weighted by atomic mass is 35.5. The first-order valence-electron chi connectivity index (χ1n) is 6.04. The van der Waals surface area contributed by atoms with Crippen LogP contribution in [-0.4, -0.2) is 9.55 Å². The molecule has 0 bridgehead atoms. The Balaban J connectivity index is 1.94. The first kappa shape index (κ1) is 12.7. The second-order valence-electron chi connectivity index (χ2n) is 4.24. The molecule has 0 saturated carbocycles. The molecule has 2 aromatic carbocycles. The van der Waals surface area contributed by atoms with Crippen molar-refractivity contribution in [2.24, 2.45) is 0 Å². The third-order valence-corrected chi connectivity index (χ3v) is 3.01. The molecule has 0 atom stereocenters. The van der Waals surface area contributed by atoms with Gasteiger partial charge in [0.05, 0.1) is 0 Å². The number of rotatable bonds is 3. The molecule has 0 spiro atoms. The smallest absolute Gasteiger partial charge is 0.212 e. The minimum absolute atomic E-state index is 0.338. The fourth-order valence-electron chi connectivity index (χ4n) is 1.95. The highest BCUT2D eigenvalue weighted by molar-refractivity contribution is 6.30. The SMILES string of the molecule is Fc1cc(Cl)cc(Nc2nccn2-c2ccccc2)c1. The van der Waals surface area contributed by atoms with Gasteiger partial charge in [0.2, 0.25) is 5.95 Å². The van der Waals surface area contributed by atoms with Crippen molar-refractivity contribution in [1.82, 2.24) is 9.55 Å². The predicted molar refractivity (Wildman–Crippen MR) is 78.3 cm³/mol. The van der Waals surface area contributed by atoms with Crippen LogP contribution in [0.15, 0.2) is 60.9 Å². The van der Waals surface area contributed by atoms with Gasteiger partial charge in [0.1, 0.15) is 5.82 Å². The lowest BCUT2D eigenvalue weighted by atomic mass is 10.3. The topological polar surface area (TPSA) is 29.9 Å². The molecular formula is C15H11ClFN3. The van der Waals surface area contributed by atoms with E-state index in [-0.39, 0.29) is 0 Å². The molecule has 0 aliphatic rings. The number of halogens is 2. The number of hydrogen-bond donors (Lipinski definition) is 1. The van der Waals surface area contributed by atoms with Crippen molar-refractivity contribution in [3.05, 3.63) is 71.8 Å². The van der Waals surface area contributed by atoms with Crippen LogP contribution < -0.4 is 5.32 Å². The average Bonchev–Trinajstić information content (AvgIpc) is 2.86. The van der Waals surface area contributed by atoms with Crippen LogP contribution in [0.1, 0.15) is 0 Å². The van der Waals surface area contributed by atoms with Crippen molar-refractivity contribution < 1.29 is 4.39 Å². The first-order valence-corrected chi connectivity index (χ1v) is 6.42. The fourth-order valence-corrected chi connectivity index (χ4v) is 2.17. The lowest BCUT2D eigenvalue weighted by Gasteiger charge is -2.10. The van der Waals surface area contributed by atoms with Crippen molar-refractivity contribution in [2.75, 3.05) is 5.32 Å². The largest absolute Gasteiger partial charge is 0.325 e. The zero-order chi connectivity index (χ0) is 13.9. The van der Waals surface area contributed by atoms with Gasteiger partial charge in [-0.15, -0.1) is 0 Å². The number of para-hydroxylation sites is 1. The Morgan fingerprint density at radius 1 is 1.10 bits per heavy atom. The van der Waals surface area contributed by atoms with Crippen molar-refractivity contribution in [3.63, 3.8) is 0 Å². The summed E-state index contributed by atoms with van der Waals surface area (Å²) in [6.45, 7) is 0. The molecule has 0 aliphatic carbocycles. The van der Waals surface area contributed by atoms with Crippen LogP contribution in [0.3, 0.4) is 0 Å². The number of anilines is 2. The van der Waals surface area contributed by atoms with E-state index >= 15 is 0 Å². The molecular weight excluding hydrogens is 277 g/mol. The van der Waals surface area contributed by atoms with Gasteiger partial charge in [-0.05, 0) is 30.3 Å². The summed E-state index contributed by atoms with van der Waals surface area (Å²) in [7, 11) is 0. The number of benzene rings is 2. The molecule has 0 unspecified atom stereocenters. The van der Waals surface area contributed by atoms with E-state index in [1.165, 1.54) is 12.1 Å². The van der Waals surface area contributed by atoms with E-state index in [0.29, 0.717) is 16.7 Å². The maximum absolute atomic E-state index is 13.3. The molecule has 0 amide bonds. The van der Waals surface area contributed by atoms with Gasteiger partial charge in [-0.2, -0.15) is 0 Å². The molecule has 1 N–H and O–H groups in total. The third kappa shape index (κ3) is 2.65. The van der Waals surface area contributed by atoms with Crippen LogP contribution in [-0.2, 0) is 0 Å². The van der Waals surface area contributed by atoms with Gasteiger partial charge in [-0.25, -0.2) is 9.37 Å². The highest BCUT2D eigenvalue weighted by Crippen LogP contribution is 2.22. The van der Waals surface area contributed by atoms with Crippen molar-refractivity contribution in [2.45, 2.75) is 0 Å². The molecule has 100 valence electrons. The molecule has 3 nitrogen and oxygen atoms in total. The second-order valence-corrected chi connectivity index (χ2v) is 4.68. The number of nitrogens with zero attached hydrogens (tertiary/aromatic N) is 2. The lowest BCUT2D eigenvalue weighted by Crippen LogP contribution is -2.01. The minimum Gasteiger partial charge on any atom is -0.325 e. The summed E-state index contributed by atoms with van der Waals surface area (Å²) >= 11 is 5.84. The average molecular weight is 288 g/mol. The van der Waals surface area contributed by atoms with Gasteiger partial charge >= 0.3 is 0 Å². The molecule has 1 heterocycles. The molecule has 20 heavy (non-hydrogen) atoms. The van der Waals surface area contributed by atoms with Crippen LogP contribution in [0, 0.1) is 5.82 Å². The first-order chi connectivity index (χ1) is 9.72. The molecule has 5 heteroatoms. The van der Waals surface area contributed by atoms with E-state index < -0.39 is 5.82 Å². The van der Waals surface area contributed by atoms with Crippen LogP contribution in [0.25, 0.3) is 5.69 Å². The molecule has 0 aliphatic heterocycles. The number of aromatic nitrogens is 2. The Kier molecular flexibility index (Phi) is 3.39. The summed E-state index contributed by atoms with van der Waals surface area (Å²) in [5.74, 6) is 0.204. The van der Waals surface area contributed by atoms with E-state index in [1.807, 2.05) is 41.1 Å². The third-order valence-electron chi connectivity index (χ3n) is 2.79. The maximum atomic E-state index is 13.3. The summed E-state index contributed by atoms with van der Waals surface area (Å²) in [4.78, 5) is 4.23. The van der Waals surface area contributed by atoms with Gasteiger partial charge in [0, 0.05) is 28.8 Å². The van der Waals surface area contributed by atoms with E-state index in [2.05, 4.69) is 10.3 Å². The Morgan fingerprint density at radius 3 is 2.65 bits per heavy atom. The molecule has 0 fully saturated rings. The van der Waals surface area contributed by atoms with Crippen molar-refractivity contribution in [1.29, 1.82) is 0 Å². The van der Waals surface area contributed by atoms with Crippen LogP contribution in [0.2, 0.25) is 5.02 Å². The Bertz CT molecular complexity index is 705. The van der Waals surface area contributed by atoms with Crippen LogP contribution in [0.4, 0.5) is 16.0 Å². The summed E-state index contributed by atoms with van der Waals surface area (Å²) in [6, 6.07) is 14.0. The maximum Gasteiger partial charge on any atom is 0.212 e. The predicted octanol–water partition coefficient (Wildman–Crippen LogP) is 4.41. The van der Waals surface area contributed by atoms with Crippen molar-refractivity contribution >= 4 is 23.2 Å². The number of nitrogens with one attached hydrogen (secondary N) is 1. The summed E-state index contributed by atoms with van der Waals surface area (Å²) in [5.41, 5.74) is 1.52. The van der Waals surface area contributed by atoms with E-state index in [4.69, 9.17) is 11.6 Å². The van der Waals surface area contributed by atoms with Gasteiger partial charge in [0.15, 0.2) is 0 Å².